The highest BCUT2D eigenvalue weighted by Gasteiger charge is 2.31. The van der Waals surface area contributed by atoms with Crippen LogP contribution in [0.5, 0.6) is 0 Å². The van der Waals surface area contributed by atoms with E-state index >= 15 is 0 Å². The van der Waals surface area contributed by atoms with Gasteiger partial charge in [0.15, 0.2) is 5.43 Å². The van der Waals surface area contributed by atoms with E-state index in [1.165, 1.54) is 12.3 Å². The molecule has 2 heterocycles. The molecule has 5 heteroatoms. The first-order chi connectivity index (χ1) is 8.39. The molecule has 18 heavy (non-hydrogen) atoms. The summed E-state index contributed by atoms with van der Waals surface area (Å²) in [6.07, 6.45) is 2.88. The molecule has 98 valence electrons. The molecular formula is C13H18N2O3. The van der Waals surface area contributed by atoms with E-state index in [4.69, 9.17) is 0 Å². The number of aryl methyl sites for hydroxylation is 1. The SMILES string of the molecule is Cc1cc(=O)c(C(=O)N2CCCC(C)(O)C2)c[nH]1. The van der Waals surface area contributed by atoms with E-state index in [2.05, 4.69) is 4.98 Å². The van der Waals surface area contributed by atoms with E-state index in [1.807, 2.05) is 0 Å². The number of nitrogens with zero attached hydrogens (tertiary/aromatic N) is 1. The van der Waals surface area contributed by atoms with Crippen molar-refractivity contribution in [2.45, 2.75) is 32.3 Å². The number of nitrogens with one attached hydrogen (secondary N) is 1. The molecule has 1 unspecified atom stereocenters. The zero-order valence-corrected chi connectivity index (χ0v) is 10.7. The lowest BCUT2D eigenvalue weighted by atomic mass is 9.95. The molecule has 1 saturated heterocycles. The van der Waals surface area contributed by atoms with Gasteiger partial charge in [0.25, 0.3) is 5.91 Å². The molecule has 0 aromatic carbocycles. The van der Waals surface area contributed by atoms with Crippen molar-refractivity contribution < 1.29 is 9.90 Å². The lowest BCUT2D eigenvalue weighted by Crippen LogP contribution is -2.49. The summed E-state index contributed by atoms with van der Waals surface area (Å²) in [6.45, 7) is 4.34. The van der Waals surface area contributed by atoms with Crippen molar-refractivity contribution in [1.29, 1.82) is 0 Å². The maximum absolute atomic E-state index is 12.2. The zero-order chi connectivity index (χ0) is 13.3. The van der Waals surface area contributed by atoms with Crippen LogP contribution >= 0.6 is 0 Å². The van der Waals surface area contributed by atoms with Gasteiger partial charge in [-0.05, 0) is 26.7 Å². The number of pyridine rings is 1. The van der Waals surface area contributed by atoms with Crippen LogP contribution in [0.25, 0.3) is 0 Å². The summed E-state index contributed by atoms with van der Waals surface area (Å²) < 4.78 is 0. The smallest absolute Gasteiger partial charge is 0.259 e. The van der Waals surface area contributed by atoms with E-state index in [0.29, 0.717) is 13.0 Å². The number of H-pyrrole nitrogens is 1. The van der Waals surface area contributed by atoms with E-state index in [9.17, 15) is 14.7 Å². The van der Waals surface area contributed by atoms with Crippen molar-refractivity contribution >= 4 is 5.91 Å². The number of likely N-dealkylation sites (tertiary alicyclic amines) is 1. The van der Waals surface area contributed by atoms with Gasteiger partial charge < -0.3 is 15.0 Å². The summed E-state index contributed by atoms with van der Waals surface area (Å²) in [7, 11) is 0. The lowest BCUT2D eigenvalue weighted by Gasteiger charge is -2.36. The van der Waals surface area contributed by atoms with Gasteiger partial charge in [-0.15, -0.1) is 0 Å². The average Bonchev–Trinajstić information content (AvgIpc) is 2.27. The summed E-state index contributed by atoms with van der Waals surface area (Å²) in [4.78, 5) is 28.4. The number of carbonyl (C=O) groups excluding carboxylic acids is 1. The Hall–Kier alpha value is -1.62. The Morgan fingerprint density at radius 3 is 2.89 bits per heavy atom. The number of hydrogen-bond acceptors (Lipinski definition) is 3. The second-order valence-corrected chi connectivity index (χ2v) is 5.22. The monoisotopic (exact) mass is 250 g/mol. The van der Waals surface area contributed by atoms with Crippen molar-refractivity contribution in [2.24, 2.45) is 0 Å². The number of piperidine rings is 1. The number of aliphatic hydroxyl groups is 1. The normalized spacial score (nSPS) is 24.1. The number of carbonyl (C=O) groups is 1. The molecule has 1 amide bonds. The molecule has 1 fully saturated rings. The highest BCUT2D eigenvalue weighted by molar-refractivity contribution is 5.93. The van der Waals surface area contributed by atoms with Crippen LogP contribution < -0.4 is 5.43 Å². The fraction of sp³-hybridized carbons (Fsp3) is 0.538. The Bertz CT molecular complexity index is 519. The van der Waals surface area contributed by atoms with Crippen LogP contribution in [-0.4, -0.2) is 39.6 Å². The molecule has 0 aliphatic carbocycles. The fourth-order valence-corrected chi connectivity index (χ4v) is 2.30. The summed E-state index contributed by atoms with van der Waals surface area (Å²) in [5.41, 5.74) is -0.271. The van der Waals surface area contributed by atoms with Gasteiger partial charge in [-0.2, -0.15) is 0 Å². The molecule has 1 atom stereocenters. The maximum Gasteiger partial charge on any atom is 0.259 e. The Kier molecular flexibility index (Phi) is 3.26. The first-order valence-corrected chi connectivity index (χ1v) is 6.10. The number of aromatic amines is 1. The highest BCUT2D eigenvalue weighted by atomic mass is 16.3. The Morgan fingerprint density at radius 1 is 1.56 bits per heavy atom. The number of rotatable bonds is 1. The summed E-state index contributed by atoms with van der Waals surface area (Å²) in [6, 6.07) is 1.41. The second-order valence-electron chi connectivity index (χ2n) is 5.22. The number of amides is 1. The van der Waals surface area contributed by atoms with Gasteiger partial charge in [0.1, 0.15) is 5.56 Å². The molecule has 1 aliphatic heterocycles. The largest absolute Gasteiger partial charge is 0.388 e. The van der Waals surface area contributed by atoms with Gasteiger partial charge in [0, 0.05) is 31.0 Å². The third-order valence-electron chi connectivity index (χ3n) is 3.25. The first-order valence-electron chi connectivity index (χ1n) is 6.10. The topological polar surface area (TPSA) is 73.4 Å². The van der Waals surface area contributed by atoms with Crippen LogP contribution in [0.15, 0.2) is 17.1 Å². The van der Waals surface area contributed by atoms with Gasteiger partial charge in [0.2, 0.25) is 0 Å². The molecule has 0 spiro atoms. The van der Waals surface area contributed by atoms with Crippen molar-refractivity contribution in [3.05, 3.63) is 33.7 Å². The van der Waals surface area contributed by atoms with E-state index in [0.717, 1.165) is 12.1 Å². The van der Waals surface area contributed by atoms with E-state index in [-0.39, 0.29) is 23.4 Å². The van der Waals surface area contributed by atoms with Crippen LogP contribution in [-0.2, 0) is 0 Å². The number of β-amino-alcohol motifs (C(OH)–C–C–N with tert-alkyl or cyclic N) is 1. The quantitative estimate of drug-likeness (QED) is 0.769. The van der Waals surface area contributed by atoms with Crippen LogP contribution in [0, 0.1) is 6.92 Å². The third kappa shape index (κ3) is 2.61. The minimum absolute atomic E-state index is 0.137. The van der Waals surface area contributed by atoms with Gasteiger partial charge in [-0.1, -0.05) is 0 Å². The van der Waals surface area contributed by atoms with Gasteiger partial charge in [0.05, 0.1) is 5.60 Å². The minimum Gasteiger partial charge on any atom is -0.388 e. The molecule has 0 radical (unpaired) electrons. The average molecular weight is 250 g/mol. The molecule has 1 aromatic heterocycles. The van der Waals surface area contributed by atoms with Crippen molar-refractivity contribution in [2.75, 3.05) is 13.1 Å². The first kappa shape index (κ1) is 12.8. The summed E-state index contributed by atoms with van der Waals surface area (Å²) >= 11 is 0. The van der Waals surface area contributed by atoms with Gasteiger partial charge in [-0.3, -0.25) is 9.59 Å². The van der Waals surface area contributed by atoms with Crippen LogP contribution in [0.4, 0.5) is 0 Å². The molecule has 5 nitrogen and oxygen atoms in total. The second kappa shape index (κ2) is 4.57. The van der Waals surface area contributed by atoms with Crippen molar-refractivity contribution in [1.82, 2.24) is 9.88 Å². The molecule has 1 aromatic rings. The predicted octanol–water partition coefficient (Wildman–Crippen LogP) is 0.670. The Labute approximate surface area is 105 Å². The highest BCUT2D eigenvalue weighted by Crippen LogP contribution is 2.21. The van der Waals surface area contributed by atoms with Crippen LogP contribution in [0.3, 0.4) is 0 Å². The number of hydrogen-bond donors (Lipinski definition) is 2. The van der Waals surface area contributed by atoms with Crippen LogP contribution in [0.1, 0.15) is 35.8 Å². The molecular weight excluding hydrogens is 232 g/mol. The Balaban J connectivity index is 2.23. The predicted molar refractivity (Wildman–Crippen MR) is 67.6 cm³/mol. The Morgan fingerprint density at radius 2 is 2.28 bits per heavy atom. The minimum atomic E-state index is -0.856. The van der Waals surface area contributed by atoms with Crippen molar-refractivity contribution in [3.8, 4) is 0 Å². The fourth-order valence-electron chi connectivity index (χ4n) is 2.30. The zero-order valence-electron chi connectivity index (χ0n) is 10.7. The summed E-state index contributed by atoms with van der Waals surface area (Å²) in [5.74, 6) is -0.309. The van der Waals surface area contributed by atoms with Gasteiger partial charge in [-0.25, -0.2) is 0 Å². The van der Waals surface area contributed by atoms with E-state index in [1.54, 1.807) is 18.7 Å². The third-order valence-corrected chi connectivity index (χ3v) is 3.25. The summed E-state index contributed by atoms with van der Waals surface area (Å²) in [5, 5.41) is 9.97. The maximum atomic E-state index is 12.2. The van der Waals surface area contributed by atoms with Crippen molar-refractivity contribution in [3.63, 3.8) is 0 Å². The van der Waals surface area contributed by atoms with E-state index < -0.39 is 5.60 Å². The molecule has 0 bridgehead atoms. The molecule has 2 N–H and O–H groups in total. The molecule has 0 saturated carbocycles. The van der Waals surface area contributed by atoms with Gasteiger partial charge >= 0.3 is 0 Å². The molecule has 2 rings (SSSR count). The lowest BCUT2D eigenvalue weighted by molar-refractivity contribution is -0.0108. The number of aromatic nitrogens is 1. The standard InChI is InChI=1S/C13H18N2O3/c1-9-6-11(16)10(7-14-9)12(17)15-5-3-4-13(2,18)8-15/h6-7,18H,3-5,8H2,1-2H3,(H,14,16). The van der Waals surface area contributed by atoms with Crippen LogP contribution in [0.2, 0.25) is 0 Å². The molecule has 1 aliphatic rings.